The van der Waals surface area contributed by atoms with E-state index in [4.69, 9.17) is 9.47 Å². The number of morpholine rings is 1. The molecule has 0 aromatic heterocycles. The molecular formula is C24H29N3O4. The molecule has 0 unspecified atom stereocenters. The minimum absolute atomic E-state index is 0.0431. The molecule has 4 rings (SSSR count). The first-order valence-electron chi connectivity index (χ1n) is 10.8. The Labute approximate surface area is 182 Å². The predicted octanol–water partition coefficient (Wildman–Crippen LogP) is 2.37. The summed E-state index contributed by atoms with van der Waals surface area (Å²) in [5.74, 6) is 0.586. The normalized spacial score (nSPS) is 16.5. The van der Waals surface area contributed by atoms with Crippen LogP contribution in [0.2, 0.25) is 0 Å². The van der Waals surface area contributed by atoms with Gasteiger partial charge in [0.2, 0.25) is 0 Å². The molecule has 2 amide bonds. The number of hydrogen-bond donors (Lipinski definition) is 1. The smallest absolute Gasteiger partial charge is 0.265 e. The Morgan fingerprint density at radius 1 is 1.10 bits per heavy atom. The van der Waals surface area contributed by atoms with Crippen molar-refractivity contribution in [2.75, 3.05) is 50.9 Å². The third-order valence-corrected chi connectivity index (χ3v) is 5.66. The maximum absolute atomic E-state index is 12.4. The summed E-state index contributed by atoms with van der Waals surface area (Å²) in [6.07, 6.45) is 0.919. The summed E-state index contributed by atoms with van der Waals surface area (Å²) >= 11 is 0. The molecule has 2 heterocycles. The number of fused-ring (bicyclic) bond motifs is 1. The van der Waals surface area contributed by atoms with Crippen LogP contribution in [0.1, 0.15) is 27.9 Å². The molecule has 1 fully saturated rings. The summed E-state index contributed by atoms with van der Waals surface area (Å²) in [6.45, 7) is 7.61. The SMILES string of the molecule is Cc1ccc2c(c1)OCC(=O)N2Cc1ccc(C(=O)NCCCN2CCOCC2)cc1. The van der Waals surface area contributed by atoms with Crippen LogP contribution in [0.25, 0.3) is 0 Å². The Morgan fingerprint density at radius 3 is 2.65 bits per heavy atom. The molecule has 2 aliphatic rings. The van der Waals surface area contributed by atoms with Gasteiger partial charge in [-0.15, -0.1) is 0 Å². The van der Waals surface area contributed by atoms with Crippen molar-refractivity contribution in [3.63, 3.8) is 0 Å². The van der Waals surface area contributed by atoms with E-state index < -0.39 is 0 Å². The Bertz CT molecular complexity index is 923. The number of carbonyl (C=O) groups is 2. The van der Waals surface area contributed by atoms with E-state index in [2.05, 4.69) is 10.2 Å². The number of benzene rings is 2. The highest BCUT2D eigenvalue weighted by molar-refractivity contribution is 5.98. The van der Waals surface area contributed by atoms with E-state index in [1.165, 1.54) is 0 Å². The van der Waals surface area contributed by atoms with Crippen LogP contribution in [0.15, 0.2) is 42.5 Å². The maximum Gasteiger partial charge on any atom is 0.265 e. The Balaban J connectivity index is 1.30. The number of nitrogens with one attached hydrogen (secondary N) is 1. The van der Waals surface area contributed by atoms with Gasteiger partial charge in [-0.3, -0.25) is 14.5 Å². The highest BCUT2D eigenvalue weighted by atomic mass is 16.5. The fraction of sp³-hybridized carbons (Fsp3) is 0.417. The summed E-state index contributed by atoms with van der Waals surface area (Å²) < 4.78 is 10.9. The molecule has 0 atom stereocenters. The molecule has 0 spiro atoms. The number of anilines is 1. The van der Waals surface area contributed by atoms with Crippen LogP contribution in [0.3, 0.4) is 0 Å². The number of nitrogens with zero attached hydrogens (tertiary/aromatic N) is 2. The summed E-state index contributed by atoms with van der Waals surface area (Å²) in [7, 11) is 0. The van der Waals surface area contributed by atoms with Crippen molar-refractivity contribution in [1.82, 2.24) is 10.2 Å². The van der Waals surface area contributed by atoms with E-state index >= 15 is 0 Å². The molecule has 0 bridgehead atoms. The van der Waals surface area contributed by atoms with E-state index in [0.717, 1.165) is 61.8 Å². The summed E-state index contributed by atoms with van der Waals surface area (Å²) in [5.41, 5.74) is 3.46. The van der Waals surface area contributed by atoms with Crippen molar-refractivity contribution in [3.05, 3.63) is 59.2 Å². The number of rotatable bonds is 7. The molecule has 31 heavy (non-hydrogen) atoms. The van der Waals surface area contributed by atoms with Gasteiger partial charge in [-0.2, -0.15) is 0 Å². The van der Waals surface area contributed by atoms with E-state index in [-0.39, 0.29) is 18.4 Å². The van der Waals surface area contributed by atoms with E-state index in [1.54, 1.807) is 4.90 Å². The molecule has 2 aromatic carbocycles. The summed E-state index contributed by atoms with van der Waals surface area (Å²) in [5, 5.41) is 2.99. The van der Waals surface area contributed by atoms with Crippen LogP contribution in [0.4, 0.5) is 5.69 Å². The lowest BCUT2D eigenvalue weighted by molar-refractivity contribution is -0.121. The summed E-state index contributed by atoms with van der Waals surface area (Å²) in [4.78, 5) is 28.9. The minimum atomic E-state index is -0.0724. The zero-order chi connectivity index (χ0) is 21.6. The van der Waals surface area contributed by atoms with Gasteiger partial charge in [0.25, 0.3) is 11.8 Å². The number of ether oxygens (including phenoxy) is 2. The van der Waals surface area contributed by atoms with E-state index in [1.807, 2.05) is 49.4 Å². The molecule has 164 valence electrons. The third kappa shape index (κ3) is 5.42. The first-order valence-corrected chi connectivity index (χ1v) is 10.8. The van der Waals surface area contributed by atoms with Gasteiger partial charge in [0, 0.05) is 25.2 Å². The van der Waals surface area contributed by atoms with E-state index in [0.29, 0.717) is 18.7 Å². The van der Waals surface area contributed by atoms with Gasteiger partial charge in [-0.1, -0.05) is 18.2 Å². The average molecular weight is 424 g/mol. The molecule has 7 heteroatoms. The van der Waals surface area contributed by atoms with Gasteiger partial charge in [0.15, 0.2) is 6.61 Å². The number of carbonyl (C=O) groups excluding carboxylic acids is 2. The molecule has 1 N–H and O–H groups in total. The van der Waals surface area contributed by atoms with Gasteiger partial charge >= 0.3 is 0 Å². The summed E-state index contributed by atoms with van der Waals surface area (Å²) in [6, 6.07) is 13.3. The lowest BCUT2D eigenvalue weighted by atomic mass is 10.1. The Kier molecular flexibility index (Phi) is 6.84. The van der Waals surface area contributed by atoms with Gasteiger partial charge < -0.3 is 19.7 Å². The predicted molar refractivity (Wildman–Crippen MR) is 119 cm³/mol. The van der Waals surface area contributed by atoms with Crippen LogP contribution in [-0.2, 0) is 16.1 Å². The molecule has 0 saturated carbocycles. The Hall–Kier alpha value is -2.90. The second-order valence-electron chi connectivity index (χ2n) is 8.00. The van der Waals surface area contributed by atoms with E-state index in [9.17, 15) is 9.59 Å². The third-order valence-electron chi connectivity index (χ3n) is 5.66. The van der Waals surface area contributed by atoms with Crippen molar-refractivity contribution in [2.45, 2.75) is 19.9 Å². The number of hydrogen-bond acceptors (Lipinski definition) is 5. The average Bonchev–Trinajstić information content (AvgIpc) is 2.79. The van der Waals surface area contributed by atoms with Crippen molar-refractivity contribution >= 4 is 17.5 Å². The molecule has 7 nitrogen and oxygen atoms in total. The first-order chi connectivity index (χ1) is 15.1. The largest absolute Gasteiger partial charge is 0.482 e. The number of amides is 2. The van der Waals surface area contributed by atoms with Gasteiger partial charge in [-0.25, -0.2) is 0 Å². The lowest BCUT2D eigenvalue weighted by Crippen LogP contribution is -2.38. The van der Waals surface area contributed by atoms with Crippen molar-refractivity contribution in [2.24, 2.45) is 0 Å². The fourth-order valence-electron chi connectivity index (χ4n) is 3.86. The molecule has 2 aromatic rings. The quantitative estimate of drug-likeness (QED) is 0.693. The highest BCUT2D eigenvalue weighted by Gasteiger charge is 2.25. The lowest BCUT2D eigenvalue weighted by Gasteiger charge is -2.29. The van der Waals surface area contributed by atoms with Crippen molar-refractivity contribution < 1.29 is 19.1 Å². The molecule has 0 aliphatic carbocycles. The second-order valence-corrected chi connectivity index (χ2v) is 8.00. The van der Waals surface area contributed by atoms with Gasteiger partial charge in [0.1, 0.15) is 5.75 Å². The van der Waals surface area contributed by atoms with Crippen LogP contribution < -0.4 is 15.0 Å². The molecule has 2 aliphatic heterocycles. The standard InChI is InChI=1S/C24H29N3O4/c1-18-3-8-21-22(15-18)31-17-23(28)27(21)16-19-4-6-20(7-5-19)24(29)25-9-2-10-26-11-13-30-14-12-26/h3-8,15H,2,9-14,16-17H2,1H3,(H,25,29). The molecule has 0 radical (unpaired) electrons. The monoisotopic (exact) mass is 423 g/mol. The van der Waals surface area contributed by atoms with Crippen LogP contribution in [-0.4, -0.2) is 62.7 Å². The van der Waals surface area contributed by atoms with Gasteiger partial charge in [0.05, 0.1) is 25.4 Å². The highest BCUT2D eigenvalue weighted by Crippen LogP contribution is 2.33. The van der Waals surface area contributed by atoms with Crippen LogP contribution in [0, 0.1) is 6.92 Å². The van der Waals surface area contributed by atoms with Crippen molar-refractivity contribution in [1.29, 1.82) is 0 Å². The minimum Gasteiger partial charge on any atom is -0.482 e. The van der Waals surface area contributed by atoms with Crippen LogP contribution >= 0.6 is 0 Å². The fourth-order valence-corrected chi connectivity index (χ4v) is 3.86. The maximum atomic E-state index is 12.4. The number of aryl methyl sites for hydroxylation is 1. The topological polar surface area (TPSA) is 71.1 Å². The Morgan fingerprint density at radius 2 is 1.87 bits per heavy atom. The molecular weight excluding hydrogens is 394 g/mol. The van der Waals surface area contributed by atoms with Gasteiger partial charge in [-0.05, 0) is 55.3 Å². The second kappa shape index (κ2) is 9.94. The zero-order valence-electron chi connectivity index (χ0n) is 17.9. The van der Waals surface area contributed by atoms with Crippen molar-refractivity contribution in [3.8, 4) is 5.75 Å². The first kappa shape index (κ1) is 21.3. The molecule has 1 saturated heterocycles. The zero-order valence-corrected chi connectivity index (χ0v) is 17.9. The van der Waals surface area contributed by atoms with Crippen LogP contribution in [0.5, 0.6) is 5.75 Å².